The molecule has 1 aromatic heterocycles. The number of ether oxygens (including phenoxy) is 1. The standard InChI is InChI=1S/C22H42IN3O5SSi/c1-10-29-21-20(23)19(15-25(18-11-12-18)13-16(2)30-32(7,27)28)26(24-21)14-17(3)31-33(8,9)22(4,5)6/h16-18H,10-15H2,1-9H3/t16-,17-/m0/s1. The fraction of sp³-hybridized carbons (Fsp3) is 0.864. The average molecular weight is 616 g/mol. The first-order chi connectivity index (χ1) is 15.0. The molecule has 2 rings (SSSR count). The first-order valence-electron chi connectivity index (χ1n) is 11.7. The summed E-state index contributed by atoms with van der Waals surface area (Å²) in [7, 11) is -5.39. The second-order valence-electron chi connectivity index (χ2n) is 10.6. The van der Waals surface area contributed by atoms with Gasteiger partial charge in [0.25, 0.3) is 10.1 Å². The van der Waals surface area contributed by atoms with Crippen molar-refractivity contribution in [2.24, 2.45) is 0 Å². The summed E-state index contributed by atoms with van der Waals surface area (Å²) in [5.74, 6) is 0.642. The van der Waals surface area contributed by atoms with Crippen LogP contribution in [0.15, 0.2) is 0 Å². The van der Waals surface area contributed by atoms with Crippen molar-refractivity contribution in [3.05, 3.63) is 9.26 Å². The SMILES string of the molecule is CCOc1nn(C[C@H](C)O[Si](C)(C)C(C)(C)C)c(CN(C[C@H](C)OS(C)(=O)=O)C2CC2)c1I. The highest BCUT2D eigenvalue weighted by atomic mass is 127. The lowest BCUT2D eigenvalue weighted by atomic mass is 10.2. The van der Waals surface area contributed by atoms with Gasteiger partial charge in [-0.15, -0.1) is 5.10 Å². The molecule has 0 bridgehead atoms. The second kappa shape index (κ2) is 11.2. The Bertz CT molecular complexity index is 897. The van der Waals surface area contributed by atoms with Crippen LogP contribution in [0.2, 0.25) is 18.1 Å². The molecule has 0 unspecified atom stereocenters. The number of nitrogens with zero attached hydrogens (tertiary/aromatic N) is 3. The number of aromatic nitrogens is 2. The first-order valence-corrected chi connectivity index (χ1v) is 17.5. The van der Waals surface area contributed by atoms with E-state index < -0.39 is 24.5 Å². The predicted octanol–water partition coefficient (Wildman–Crippen LogP) is 4.63. The Balaban J connectivity index is 2.24. The van der Waals surface area contributed by atoms with E-state index >= 15 is 0 Å². The summed E-state index contributed by atoms with van der Waals surface area (Å²) in [6.07, 6.45) is 2.92. The Morgan fingerprint density at radius 2 is 1.85 bits per heavy atom. The Labute approximate surface area is 215 Å². The van der Waals surface area contributed by atoms with Gasteiger partial charge in [-0.1, -0.05) is 20.8 Å². The summed E-state index contributed by atoms with van der Waals surface area (Å²) in [4.78, 5) is 2.31. The molecule has 33 heavy (non-hydrogen) atoms. The molecular formula is C22H42IN3O5SSi. The van der Waals surface area contributed by atoms with Gasteiger partial charge in [0.05, 0.1) is 40.9 Å². The second-order valence-corrected chi connectivity index (χ2v) is 18.1. The smallest absolute Gasteiger partial charge is 0.264 e. The molecular weight excluding hydrogens is 573 g/mol. The Hall–Kier alpha value is -0.213. The molecule has 1 heterocycles. The van der Waals surface area contributed by atoms with Crippen molar-refractivity contribution in [3.8, 4) is 5.88 Å². The molecule has 1 aliphatic rings. The molecule has 2 atom stereocenters. The van der Waals surface area contributed by atoms with Gasteiger partial charge in [-0.2, -0.15) is 8.42 Å². The molecule has 0 radical (unpaired) electrons. The van der Waals surface area contributed by atoms with Crippen molar-refractivity contribution in [2.45, 2.75) is 104 Å². The van der Waals surface area contributed by atoms with Crippen LogP contribution in [0.1, 0.15) is 60.1 Å². The zero-order chi connectivity index (χ0) is 25.2. The molecule has 0 amide bonds. The van der Waals surface area contributed by atoms with E-state index in [-0.39, 0.29) is 11.1 Å². The van der Waals surface area contributed by atoms with Crippen LogP contribution < -0.4 is 4.74 Å². The van der Waals surface area contributed by atoms with Gasteiger partial charge in [0, 0.05) is 19.1 Å². The van der Waals surface area contributed by atoms with E-state index in [1.54, 1.807) is 6.92 Å². The summed E-state index contributed by atoms with van der Waals surface area (Å²) in [5.41, 5.74) is 1.07. The normalized spacial score (nSPS) is 17.4. The topological polar surface area (TPSA) is 82.9 Å². The van der Waals surface area contributed by atoms with Crippen molar-refractivity contribution in [1.29, 1.82) is 0 Å². The van der Waals surface area contributed by atoms with E-state index in [0.717, 1.165) is 28.4 Å². The minimum atomic E-state index is -3.49. The fourth-order valence-corrected chi connectivity index (χ4v) is 6.38. The maximum absolute atomic E-state index is 11.6. The van der Waals surface area contributed by atoms with E-state index in [1.165, 1.54) is 0 Å². The van der Waals surface area contributed by atoms with E-state index in [9.17, 15) is 8.42 Å². The summed E-state index contributed by atoms with van der Waals surface area (Å²) in [6, 6.07) is 0.436. The zero-order valence-electron chi connectivity index (χ0n) is 21.6. The zero-order valence-corrected chi connectivity index (χ0v) is 25.6. The molecule has 1 saturated carbocycles. The first kappa shape index (κ1) is 29.0. The van der Waals surface area contributed by atoms with Crippen LogP contribution >= 0.6 is 22.6 Å². The van der Waals surface area contributed by atoms with Crippen LogP contribution in [0, 0.1) is 3.57 Å². The monoisotopic (exact) mass is 615 g/mol. The average Bonchev–Trinajstić information content (AvgIpc) is 3.41. The summed E-state index contributed by atoms with van der Waals surface area (Å²) in [5, 5.41) is 4.91. The highest BCUT2D eigenvalue weighted by Gasteiger charge is 2.39. The molecule has 0 aliphatic heterocycles. The molecule has 11 heteroatoms. The number of halogens is 1. The third-order valence-corrected chi connectivity index (χ3v) is 12.6. The third-order valence-electron chi connectivity index (χ3n) is 6.22. The van der Waals surface area contributed by atoms with Crippen molar-refractivity contribution in [2.75, 3.05) is 19.4 Å². The Morgan fingerprint density at radius 3 is 2.33 bits per heavy atom. The van der Waals surface area contributed by atoms with Crippen LogP contribution in [-0.4, -0.2) is 69.1 Å². The van der Waals surface area contributed by atoms with Crippen LogP contribution in [0.4, 0.5) is 0 Å². The van der Waals surface area contributed by atoms with E-state index in [2.05, 4.69) is 68.3 Å². The third kappa shape index (κ3) is 8.75. The minimum Gasteiger partial charge on any atom is -0.476 e. The highest BCUT2D eigenvalue weighted by Crippen LogP contribution is 2.38. The fourth-order valence-electron chi connectivity index (χ4n) is 3.58. The van der Waals surface area contributed by atoms with E-state index in [0.29, 0.717) is 38.2 Å². The molecule has 1 aromatic rings. The van der Waals surface area contributed by atoms with E-state index in [1.807, 2.05) is 11.6 Å². The summed E-state index contributed by atoms with van der Waals surface area (Å²) >= 11 is 2.31. The lowest BCUT2D eigenvalue weighted by Gasteiger charge is -2.38. The molecule has 0 saturated heterocycles. The Kier molecular flexibility index (Phi) is 9.88. The van der Waals surface area contributed by atoms with Gasteiger partial charge < -0.3 is 9.16 Å². The quantitative estimate of drug-likeness (QED) is 0.182. The maximum atomic E-state index is 11.6. The summed E-state index contributed by atoms with van der Waals surface area (Å²) < 4.78 is 43.8. The maximum Gasteiger partial charge on any atom is 0.264 e. The van der Waals surface area contributed by atoms with Gasteiger partial charge in [-0.3, -0.25) is 13.8 Å². The number of hydrogen-bond donors (Lipinski definition) is 0. The van der Waals surface area contributed by atoms with Gasteiger partial charge >= 0.3 is 0 Å². The molecule has 0 spiro atoms. The molecule has 0 aromatic carbocycles. The van der Waals surface area contributed by atoms with E-state index in [4.69, 9.17) is 18.4 Å². The molecule has 1 aliphatic carbocycles. The van der Waals surface area contributed by atoms with Gasteiger partial charge in [0.15, 0.2) is 8.32 Å². The van der Waals surface area contributed by atoms with Crippen LogP contribution in [0.3, 0.4) is 0 Å². The van der Waals surface area contributed by atoms with Gasteiger partial charge in [-0.05, 0) is 74.3 Å². The van der Waals surface area contributed by atoms with Gasteiger partial charge in [-0.25, -0.2) is 0 Å². The van der Waals surface area contributed by atoms with Crippen molar-refractivity contribution in [1.82, 2.24) is 14.7 Å². The van der Waals surface area contributed by atoms with Gasteiger partial charge in [0.2, 0.25) is 5.88 Å². The number of hydrogen-bond acceptors (Lipinski definition) is 7. The largest absolute Gasteiger partial charge is 0.476 e. The predicted molar refractivity (Wildman–Crippen MR) is 143 cm³/mol. The highest BCUT2D eigenvalue weighted by molar-refractivity contribution is 14.1. The Morgan fingerprint density at radius 1 is 1.24 bits per heavy atom. The molecule has 1 fully saturated rings. The van der Waals surface area contributed by atoms with Crippen molar-refractivity contribution in [3.63, 3.8) is 0 Å². The lowest BCUT2D eigenvalue weighted by Crippen LogP contribution is -2.44. The van der Waals surface area contributed by atoms with Crippen molar-refractivity contribution < 1.29 is 21.8 Å². The van der Waals surface area contributed by atoms with Gasteiger partial charge in [0.1, 0.15) is 0 Å². The van der Waals surface area contributed by atoms with Crippen molar-refractivity contribution >= 4 is 41.0 Å². The van der Waals surface area contributed by atoms with Crippen LogP contribution in [0.25, 0.3) is 0 Å². The minimum absolute atomic E-state index is 0.0108. The molecule has 192 valence electrons. The summed E-state index contributed by atoms with van der Waals surface area (Å²) in [6.45, 7) is 19.5. The van der Waals surface area contributed by atoms with Crippen LogP contribution in [-0.2, 0) is 31.8 Å². The number of rotatable bonds is 13. The molecule has 8 nitrogen and oxygen atoms in total. The molecule has 0 N–H and O–H groups in total. The lowest BCUT2D eigenvalue weighted by molar-refractivity contribution is 0.135. The van der Waals surface area contributed by atoms with Crippen LogP contribution in [0.5, 0.6) is 5.88 Å².